The van der Waals surface area contributed by atoms with Crippen molar-refractivity contribution in [3.05, 3.63) is 47.5 Å². The van der Waals surface area contributed by atoms with Crippen LogP contribution in [0.25, 0.3) is 0 Å². The minimum absolute atomic E-state index is 0. The molecule has 28 heavy (non-hydrogen) atoms. The maximum absolute atomic E-state index is 4.86. The van der Waals surface area contributed by atoms with Crippen molar-refractivity contribution in [1.29, 1.82) is 0 Å². The van der Waals surface area contributed by atoms with Gasteiger partial charge in [-0.05, 0) is 30.9 Å². The van der Waals surface area contributed by atoms with Crippen molar-refractivity contribution in [1.82, 2.24) is 25.4 Å². The fourth-order valence-electron chi connectivity index (χ4n) is 3.58. The van der Waals surface area contributed by atoms with Gasteiger partial charge in [0.1, 0.15) is 12.2 Å². The number of aryl methyl sites for hydroxylation is 2. The molecule has 0 radical (unpaired) electrons. The molecule has 3 rings (SSSR count). The smallest absolute Gasteiger partial charge is 0.191 e. The van der Waals surface area contributed by atoms with E-state index in [9.17, 15) is 0 Å². The van der Waals surface area contributed by atoms with Crippen molar-refractivity contribution in [3.8, 4) is 0 Å². The second-order valence-corrected chi connectivity index (χ2v) is 7.29. The van der Waals surface area contributed by atoms with E-state index in [1.54, 1.807) is 6.33 Å². The van der Waals surface area contributed by atoms with Crippen molar-refractivity contribution in [2.75, 3.05) is 6.54 Å². The van der Waals surface area contributed by atoms with Crippen molar-refractivity contribution >= 4 is 29.9 Å². The molecule has 1 aromatic heterocycles. The van der Waals surface area contributed by atoms with Gasteiger partial charge in [0.05, 0.1) is 6.54 Å². The number of nitrogens with one attached hydrogen (secondary N) is 2. The summed E-state index contributed by atoms with van der Waals surface area (Å²) in [5, 5.41) is 15.3. The zero-order chi connectivity index (χ0) is 18.9. The fourth-order valence-corrected chi connectivity index (χ4v) is 3.58. The number of hydrogen-bond acceptors (Lipinski definition) is 3. The first-order valence-electron chi connectivity index (χ1n) is 10.2. The quantitative estimate of drug-likeness (QED) is 0.348. The molecule has 6 nitrogen and oxygen atoms in total. The molecule has 2 aromatic rings. The zero-order valence-electron chi connectivity index (χ0n) is 17.0. The summed E-state index contributed by atoms with van der Waals surface area (Å²) in [5.74, 6) is 1.94. The standard InChI is InChI=1S/C21H32N6.HI/c1-3-20-26-24-16-27(20)14-13-22-21(25-19-11-5-4-6-12-19)23-15-18-10-8-7-9-17(18)2;/h7-10,16,19H,3-6,11-15H2,1-2H3,(H2,22,23,25);1H. The first-order valence-corrected chi connectivity index (χ1v) is 10.2. The Balaban J connectivity index is 0.00000280. The van der Waals surface area contributed by atoms with Crippen LogP contribution in [0.1, 0.15) is 56.0 Å². The normalized spacial score (nSPS) is 15.1. The lowest BCUT2D eigenvalue weighted by Crippen LogP contribution is -2.45. The van der Waals surface area contributed by atoms with E-state index in [0.29, 0.717) is 12.6 Å². The van der Waals surface area contributed by atoms with Gasteiger partial charge in [-0.25, -0.2) is 4.99 Å². The van der Waals surface area contributed by atoms with E-state index >= 15 is 0 Å². The van der Waals surface area contributed by atoms with E-state index in [2.05, 4.69) is 63.5 Å². The fraction of sp³-hybridized carbons (Fsp3) is 0.571. The van der Waals surface area contributed by atoms with Crippen molar-refractivity contribution in [2.45, 2.75) is 71.5 Å². The van der Waals surface area contributed by atoms with E-state index in [4.69, 9.17) is 4.99 Å². The second kappa shape index (κ2) is 12.0. The minimum Gasteiger partial charge on any atom is -0.355 e. The number of benzene rings is 1. The zero-order valence-corrected chi connectivity index (χ0v) is 19.4. The average molecular weight is 496 g/mol. The molecule has 0 spiro atoms. The highest BCUT2D eigenvalue weighted by molar-refractivity contribution is 14.0. The lowest BCUT2D eigenvalue weighted by atomic mass is 9.96. The number of rotatable bonds is 7. The number of aliphatic imine (C=N–C) groups is 1. The molecular formula is C21H33IN6. The van der Waals surface area contributed by atoms with Gasteiger partial charge in [-0.2, -0.15) is 0 Å². The molecule has 0 unspecified atom stereocenters. The molecule has 1 fully saturated rings. The van der Waals surface area contributed by atoms with Gasteiger partial charge in [0.2, 0.25) is 0 Å². The summed E-state index contributed by atoms with van der Waals surface area (Å²) < 4.78 is 2.10. The van der Waals surface area contributed by atoms with Gasteiger partial charge in [0.25, 0.3) is 0 Å². The van der Waals surface area contributed by atoms with Gasteiger partial charge in [-0.3, -0.25) is 0 Å². The molecule has 1 aliphatic rings. The molecule has 0 atom stereocenters. The number of aromatic nitrogens is 3. The molecule has 0 saturated heterocycles. The van der Waals surface area contributed by atoms with Crippen LogP contribution in [0.4, 0.5) is 0 Å². The molecule has 0 aliphatic heterocycles. The van der Waals surface area contributed by atoms with Crippen LogP contribution in [-0.2, 0) is 19.5 Å². The Morgan fingerprint density at radius 3 is 2.75 bits per heavy atom. The van der Waals surface area contributed by atoms with Crippen molar-refractivity contribution in [3.63, 3.8) is 0 Å². The summed E-state index contributed by atoms with van der Waals surface area (Å²) in [5.41, 5.74) is 2.56. The largest absolute Gasteiger partial charge is 0.355 e. The SMILES string of the molecule is CCc1nncn1CCNC(=NCc1ccccc1C)NC1CCCCC1.I. The summed E-state index contributed by atoms with van der Waals surface area (Å²) in [6.07, 6.45) is 9.14. The van der Waals surface area contributed by atoms with Crippen molar-refractivity contribution in [2.24, 2.45) is 4.99 Å². The molecular weight excluding hydrogens is 463 g/mol. The van der Waals surface area contributed by atoms with Crippen LogP contribution < -0.4 is 10.6 Å². The third-order valence-electron chi connectivity index (χ3n) is 5.27. The Bertz CT molecular complexity index is 736. The molecule has 0 amide bonds. The highest BCUT2D eigenvalue weighted by Gasteiger charge is 2.14. The van der Waals surface area contributed by atoms with Crippen molar-refractivity contribution < 1.29 is 0 Å². The van der Waals surface area contributed by atoms with E-state index in [0.717, 1.165) is 31.3 Å². The predicted molar refractivity (Wildman–Crippen MR) is 125 cm³/mol. The van der Waals surface area contributed by atoms with Crippen LogP contribution in [0.3, 0.4) is 0 Å². The first kappa shape index (κ1) is 22.6. The Morgan fingerprint density at radius 1 is 1.21 bits per heavy atom. The monoisotopic (exact) mass is 496 g/mol. The summed E-state index contributed by atoms with van der Waals surface area (Å²) in [6.45, 7) is 6.59. The second-order valence-electron chi connectivity index (χ2n) is 7.29. The third kappa shape index (κ3) is 6.76. The Kier molecular flexibility index (Phi) is 9.73. The molecule has 2 N–H and O–H groups in total. The number of hydrogen-bond donors (Lipinski definition) is 2. The highest BCUT2D eigenvalue weighted by atomic mass is 127. The maximum atomic E-state index is 4.86. The van der Waals surface area contributed by atoms with Gasteiger partial charge in [-0.15, -0.1) is 34.2 Å². The molecule has 7 heteroatoms. The van der Waals surface area contributed by atoms with Crippen LogP contribution in [0.15, 0.2) is 35.6 Å². The van der Waals surface area contributed by atoms with E-state index < -0.39 is 0 Å². The molecule has 154 valence electrons. The number of nitrogens with zero attached hydrogens (tertiary/aromatic N) is 4. The minimum atomic E-state index is 0. The van der Waals surface area contributed by atoms with E-state index in [1.165, 1.54) is 43.2 Å². The van der Waals surface area contributed by atoms with Gasteiger partial charge in [-0.1, -0.05) is 50.5 Å². The molecule has 1 aromatic carbocycles. The third-order valence-corrected chi connectivity index (χ3v) is 5.27. The predicted octanol–water partition coefficient (Wildman–Crippen LogP) is 3.84. The summed E-state index contributed by atoms with van der Waals surface area (Å²) >= 11 is 0. The maximum Gasteiger partial charge on any atom is 0.191 e. The lowest BCUT2D eigenvalue weighted by Gasteiger charge is -2.25. The number of guanidine groups is 1. The van der Waals surface area contributed by atoms with Crippen LogP contribution >= 0.6 is 24.0 Å². The number of halogens is 1. The van der Waals surface area contributed by atoms with Crippen LogP contribution in [-0.4, -0.2) is 33.3 Å². The average Bonchev–Trinajstić information content (AvgIpc) is 3.15. The Labute approximate surface area is 185 Å². The topological polar surface area (TPSA) is 67.1 Å². The molecule has 1 aliphatic carbocycles. The van der Waals surface area contributed by atoms with E-state index in [-0.39, 0.29) is 24.0 Å². The van der Waals surface area contributed by atoms with E-state index in [1.807, 2.05) is 0 Å². The van der Waals surface area contributed by atoms with Crippen LogP contribution in [0, 0.1) is 6.92 Å². The van der Waals surface area contributed by atoms with Gasteiger partial charge in [0.15, 0.2) is 5.96 Å². The summed E-state index contributed by atoms with van der Waals surface area (Å²) in [4.78, 5) is 4.86. The summed E-state index contributed by atoms with van der Waals surface area (Å²) in [6, 6.07) is 8.99. The summed E-state index contributed by atoms with van der Waals surface area (Å²) in [7, 11) is 0. The van der Waals surface area contributed by atoms with Crippen LogP contribution in [0.5, 0.6) is 0 Å². The Morgan fingerprint density at radius 2 is 2.00 bits per heavy atom. The molecule has 1 saturated carbocycles. The highest BCUT2D eigenvalue weighted by Crippen LogP contribution is 2.17. The van der Waals surface area contributed by atoms with Crippen LogP contribution in [0.2, 0.25) is 0 Å². The lowest BCUT2D eigenvalue weighted by molar-refractivity contribution is 0.409. The van der Waals surface area contributed by atoms with Gasteiger partial charge in [0, 0.05) is 25.6 Å². The van der Waals surface area contributed by atoms with Gasteiger partial charge < -0.3 is 15.2 Å². The molecule has 0 bridgehead atoms. The van der Waals surface area contributed by atoms with Gasteiger partial charge >= 0.3 is 0 Å². The Hall–Kier alpha value is -1.64. The first-order chi connectivity index (χ1) is 13.3. The molecule has 1 heterocycles.